The summed E-state index contributed by atoms with van der Waals surface area (Å²) >= 11 is 0. The number of allylic oxidation sites excluding steroid dienone is 2. The van der Waals surface area contributed by atoms with E-state index in [1.54, 1.807) is 6.92 Å². The number of ether oxygens (including phenoxy) is 1. The topological polar surface area (TPSA) is 43.4 Å². The molecule has 0 heterocycles. The molecular weight excluding hydrogens is 240 g/mol. The van der Waals surface area contributed by atoms with E-state index in [1.807, 2.05) is 0 Å². The molecule has 0 aromatic rings. The fraction of sp³-hybridized carbons (Fsp3) is 0.625. The molecule has 3 nitrogen and oxygen atoms in total. The number of carbonyl (C=O) groups is 2. The number of hydrogen-bond acceptors (Lipinski definition) is 3. The van der Waals surface area contributed by atoms with Crippen molar-refractivity contribution in [3.8, 4) is 0 Å². The molecule has 19 heavy (non-hydrogen) atoms. The molecule has 104 valence electrons. The van der Waals surface area contributed by atoms with Crippen LogP contribution in [0, 0.1) is 5.41 Å². The first kappa shape index (κ1) is 14.0. The van der Waals surface area contributed by atoms with E-state index in [9.17, 15) is 9.59 Å². The molecule has 0 saturated heterocycles. The van der Waals surface area contributed by atoms with Gasteiger partial charge in [-0.15, -0.1) is 0 Å². The Morgan fingerprint density at radius 2 is 2.16 bits per heavy atom. The summed E-state index contributed by atoms with van der Waals surface area (Å²) in [4.78, 5) is 24.6. The van der Waals surface area contributed by atoms with Crippen LogP contribution in [0.2, 0.25) is 0 Å². The molecule has 2 aliphatic rings. The molecule has 1 fully saturated rings. The monoisotopic (exact) mass is 262 g/mol. The minimum Gasteiger partial charge on any atom is -0.465 e. The Morgan fingerprint density at radius 3 is 2.68 bits per heavy atom. The molecule has 0 aliphatic heterocycles. The van der Waals surface area contributed by atoms with E-state index in [4.69, 9.17) is 4.74 Å². The Labute approximate surface area is 114 Å². The van der Waals surface area contributed by atoms with Crippen LogP contribution in [-0.2, 0) is 14.3 Å². The molecule has 0 unspecified atom stereocenters. The van der Waals surface area contributed by atoms with Crippen molar-refractivity contribution in [1.29, 1.82) is 0 Å². The van der Waals surface area contributed by atoms with Crippen LogP contribution in [0.5, 0.6) is 0 Å². The van der Waals surface area contributed by atoms with Crippen molar-refractivity contribution in [1.82, 2.24) is 0 Å². The van der Waals surface area contributed by atoms with Gasteiger partial charge in [-0.2, -0.15) is 0 Å². The Bertz CT molecular complexity index is 433. The molecule has 0 aromatic heterocycles. The van der Waals surface area contributed by atoms with Crippen LogP contribution in [0.15, 0.2) is 23.8 Å². The molecule has 3 heteroatoms. The van der Waals surface area contributed by atoms with Crippen LogP contribution in [-0.4, -0.2) is 18.4 Å². The zero-order valence-corrected chi connectivity index (χ0v) is 11.7. The van der Waals surface area contributed by atoms with Gasteiger partial charge in [0.2, 0.25) is 0 Å². The number of ketones is 1. The van der Waals surface area contributed by atoms with Gasteiger partial charge in [0.1, 0.15) is 0 Å². The molecule has 0 spiro atoms. The average molecular weight is 262 g/mol. The Hall–Kier alpha value is -1.38. The fourth-order valence-electron chi connectivity index (χ4n) is 3.17. The van der Waals surface area contributed by atoms with Gasteiger partial charge in [-0.3, -0.25) is 9.59 Å². The summed E-state index contributed by atoms with van der Waals surface area (Å²) in [5.74, 6) is -0.406. The van der Waals surface area contributed by atoms with Gasteiger partial charge >= 0.3 is 5.97 Å². The summed E-state index contributed by atoms with van der Waals surface area (Å²) in [6.45, 7) is 6.17. The van der Waals surface area contributed by atoms with Crippen LogP contribution in [0.4, 0.5) is 0 Å². The second-order valence-corrected chi connectivity index (χ2v) is 5.36. The summed E-state index contributed by atoms with van der Waals surface area (Å²) in [5.41, 5.74) is 0.710. The van der Waals surface area contributed by atoms with Gasteiger partial charge in [-0.05, 0) is 56.6 Å². The second kappa shape index (κ2) is 5.72. The van der Waals surface area contributed by atoms with Gasteiger partial charge in [0.25, 0.3) is 0 Å². The van der Waals surface area contributed by atoms with Crippen LogP contribution >= 0.6 is 0 Å². The molecule has 0 amide bonds. The standard InChI is InChI=1S/C16H22O3/c1-3-19-15(18)16(11-7-10-14(16)17)12(2)13-8-5-4-6-9-13/h8H,2-7,9-11H2,1H3/t16-/m1/s1. The first-order valence-electron chi connectivity index (χ1n) is 7.22. The zero-order chi connectivity index (χ0) is 13.9. The van der Waals surface area contributed by atoms with Crippen LogP contribution in [0.25, 0.3) is 0 Å². The lowest BCUT2D eigenvalue weighted by atomic mass is 9.73. The number of carbonyl (C=O) groups excluding carboxylic acids is 2. The second-order valence-electron chi connectivity index (χ2n) is 5.36. The van der Waals surface area contributed by atoms with E-state index in [-0.39, 0.29) is 5.78 Å². The predicted molar refractivity (Wildman–Crippen MR) is 73.6 cm³/mol. The van der Waals surface area contributed by atoms with Crippen LogP contribution in [0.1, 0.15) is 51.9 Å². The van der Waals surface area contributed by atoms with Crippen LogP contribution < -0.4 is 0 Å². The lowest BCUT2D eigenvalue weighted by molar-refractivity contribution is -0.155. The third-order valence-corrected chi connectivity index (χ3v) is 4.25. The lowest BCUT2D eigenvalue weighted by Crippen LogP contribution is -2.39. The third-order valence-electron chi connectivity index (χ3n) is 4.25. The fourth-order valence-corrected chi connectivity index (χ4v) is 3.17. The summed E-state index contributed by atoms with van der Waals surface area (Å²) in [6, 6.07) is 0. The molecule has 2 aliphatic carbocycles. The van der Waals surface area contributed by atoms with Crippen molar-refractivity contribution in [2.24, 2.45) is 5.41 Å². The molecule has 1 atom stereocenters. The van der Waals surface area contributed by atoms with Crippen molar-refractivity contribution < 1.29 is 14.3 Å². The summed E-state index contributed by atoms with van der Waals surface area (Å²) in [6.07, 6.45) is 8.14. The highest BCUT2D eigenvalue weighted by Gasteiger charge is 2.52. The van der Waals surface area contributed by atoms with E-state index < -0.39 is 11.4 Å². The predicted octanol–water partition coefficient (Wildman–Crippen LogP) is 3.35. The van der Waals surface area contributed by atoms with Crippen LogP contribution in [0.3, 0.4) is 0 Å². The summed E-state index contributed by atoms with van der Waals surface area (Å²) < 4.78 is 5.16. The maximum absolute atomic E-state index is 12.3. The smallest absolute Gasteiger partial charge is 0.324 e. The molecule has 2 rings (SSSR count). The Kier molecular flexibility index (Phi) is 4.23. The van der Waals surface area contributed by atoms with E-state index in [0.717, 1.165) is 31.3 Å². The maximum atomic E-state index is 12.3. The number of Topliss-reactive ketones (excluding diaryl/α,β-unsaturated/α-hetero) is 1. The van der Waals surface area contributed by atoms with E-state index in [1.165, 1.54) is 6.42 Å². The highest BCUT2D eigenvalue weighted by molar-refractivity contribution is 6.09. The van der Waals surface area contributed by atoms with Crippen molar-refractivity contribution in [2.75, 3.05) is 6.61 Å². The van der Waals surface area contributed by atoms with Crippen molar-refractivity contribution in [3.63, 3.8) is 0 Å². The van der Waals surface area contributed by atoms with E-state index >= 15 is 0 Å². The van der Waals surface area contributed by atoms with Crippen molar-refractivity contribution in [3.05, 3.63) is 23.8 Å². The third kappa shape index (κ3) is 2.38. The van der Waals surface area contributed by atoms with Gasteiger partial charge < -0.3 is 4.74 Å². The molecule has 0 aromatic carbocycles. The van der Waals surface area contributed by atoms with Gasteiger partial charge in [0.05, 0.1) is 6.61 Å². The first-order chi connectivity index (χ1) is 9.13. The van der Waals surface area contributed by atoms with E-state index in [2.05, 4.69) is 12.7 Å². The molecule has 0 N–H and O–H groups in total. The minimum atomic E-state index is -1.08. The minimum absolute atomic E-state index is 0.0116. The summed E-state index contributed by atoms with van der Waals surface area (Å²) in [7, 11) is 0. The quantitative estimate of drug-likeness (QED) is 0.576. The maximum Gasteiger partial charge on any atom is 0.324 e. The molecule has 0 radical (unpaired) electrons. The van der Waals surface area contributed by atoms with E-state index in [0.29, 0.717) is 25.0 Å². The zero-order valence-electron chi connectivity index (χ0n) is 11.7. The van der Waals surface area contributed by atoms with Gasteiger partial charge in [0.15, 0.2) is 11.2 Å². The largest absolute Gasteiger partial charge is 0.465 e. The average Bonchev–Trinajstić information content (AvgIpc) is 2.82. The van der Waals surface area contributed by atoms with Crippen molar-refractivity contribution >= 4 is 11.8 Å². The molecule has 1 saturated carbocycles. The van der Waals surface area contributed by atoms with Gasteiger partial charge in [-0.25, -0.2) is 0 Å². The number of esters is 1. The summed E-state index contributed by atoms with van der Waals surface area (Å²) in [5, 5.41) is 0. The number of hydrogen-bond donors (Lipinski definition) is 0. The first-order valence-corrected chi connectivity index (χ1v) is 7.22. The van der Waals surface area contributed by atoms with Crippen molar-refractivity contribution in [2.45, 2.75) is 51.9 Å². The molecular formula is C16H22O3. The SMILES string of the molecule is C=C(C1=CCCCC1)[C@]1(C(=O)OCC)CCCC1=O. The Balaban J connectivity index is 2.32. The normalized spacial score (nSPS) is 27.0. The van der Waals surface area contributed by atoms with Gasteiger partial charge in [-0.1, -0.05) is 12.7 Å². The highest BCUT2D eigenvalue weighted by Crippen LogP contribution is 2.46. The number of rotatable bonds is 4. The van der Waals surface area contributed by atoms with Gasteiger partial charge in [0, 0.05) is 6.42 Å². The lowest BCUT2D eigenvalue weighted by Gasteiger charge is -2.30. The highest BCUT2D eigenvalue weighted by atomic mass is 16.5. The molecule has 0 bridgehead atoms. The Morgan fingerprint density at radius 1 is 1.37 bits per heavy atom.